The SMILES string of the molecule is Cc1cc(C)c(NC(=O)c2ccc3nc(NC(=O)NCc4cccc5ccccc45)sc3c2)c(C)c1. The number of urea groups is 1. The number of amides is 3. The minimum atomic E-state index is -0.328. The van der Waals surface area contributed by atoms with Gasteiger partial charge in [0.1, 0.15) is 0 Å². The fraction of sp³-hybridized carbons (Fsp3) is 0.138. The van der Waals surface area contributed by atoms with Gasteiger partial charge in [-0.3, -0.25) is 10.1 Å². The van der Waals surface area contributed by atoms with Crippen molar-refractivity contribution in [3.63, 3.8) is 0 Å². The molecule has 4 aromatic carbocycles. The molecule has 3 N–H and O–H groups in total. The van der Waals surface area contributed by atoms with Gasteiger partial charge in [0.2, 0.25) is 0 Å². The summed E-state index contributed by atoms with van der Waals surface area (Å²) in [6, 6.07) is 23.3. The van der Waals surface area contributed by atoms with Crippen molar-refractivity contribution in [1.29, 1.82) is 0 Å². The first-order valence-electron chi connectivity index (χ1n) is 11.7. The number of anilines is 2. The number of benzene rings is 4. The van der Waals surface area contributed by atoms with Gasteiger partial charge in [0.05, 0.1) is 10.2 Å². The van der Waals surface area contributed by atoms with Crippen LogP contribution in [0.5, 0.6) is 0 Å². The number of fused-ring (bicyclic) bond motifs is 2. The number of aryl methyl sites for hydroxylation is 3. The molecule has 0 unspecified atom stereocenters. The van der Waals surface area contributed by atoms with Crippen molar-refractivity contribution >= 4 is 55.1 Å². The van der Waals surface area contributed by atoms with E-state index in [9.17, 15) is 9.59 Å². The van der Waals surface area contributed by atoms with Crippen LogP contribution in [0.15, 0.2) is 72.8 Å². The number of nitrogens with zero attached hydrogens (tertiary/aromatic N) is 1. The van der Waals surface area contributed by atoms with Crippen LogP contribution in [0.2, 0.25) is 0 Å². The summed E-state index contributed by atoms with van der Waals surface area (Å²) in [6.07, 6.45) is 0. The van der Waals surface area contributed by atoms with E-state index in [0.717, 1.165) is 48.9 Å². The maximum Gasteiger partial charge on any atom is 0.321 e. The third-order valence-electron chi connectivity index (χ3n) is 6.11. The zero-order valence-electron chi connectivity index (χ0n) is 20.3. The molecule has 0 spiro atoms. The summed E-state index contributed by atoms with van der Waals surface area (Å²) in [5, 5.41) is 11.5. The molecule has 0 radical (unpaired) electrons. The zero-order valence-corrected chi connectivity index (χ0v) is 21.1. The Hall–Kier alpha value is -4.23. The van der Waals surface area contributed by atoms with Crippen molar-refractivity contribution in [2.75, 3.05) is 10.6 Å². The Kier molecular flexibility index (Phi) is 6.40. The highest BCUT2D eigenvalue weighted by molar-refractivity contribution is 7.22. The predicted octanol–water partition coefficient (Wildman–Crippen LogP) is 6.95. The van der Waals surface area contributed by atoms with E-state index in [-0.39, 0.29) is 11.9 Å². The van der Waals surface area contributed by atoms with Crippen molar-refractivity contribution < 1.29 is 9.59 Å². The van der Waals surface area contributed by atoms with E-state index >= 15 is 0 Å². The van der Waals surface area contributed by atoms with Crippen molar-refractivity contribution in [2.24, 2.45) is 0 Å². The Labute approximate surface area is 213 Å². The molecule has 0 aliphatic rings. The first-order valence-corrected chi connectivity index (χ1v) is 12.5. The van der Waals surface area contributed by atoms with Crippen molar-refractivity contribution in [1.82, 2.24) is 10.3 Å². The standard InChI is InChI=1S/C29H26N4O2S/c1-17-13-18(2)26(19(3)14-17)32-27(34)21-11-12-24-25(15-21)36-29(31-24)33-28(35)30-16-22-9-6-8-20-7-4-5-10-23(20)22/h4-15H,16H2,1-3H3,(H,32,34)(H2,30,31,33,35). The molecule has 0 saturated carbocycles. The lowest BCUT2D eigenvalue weighted by atomic mass is 10.0. The van der Waals surface area contributed by atoms with E-state index in [1.54, 1.807) is 18.2 Å². The lowest BCUT2D eigenvalue weighted by Crippen LogP contribution is -2.28. The predicted molar refractivity (Wildman–Crippen MR) is 148 cm³/mol. The zero-order chi connectivity index (χ0) is 25.2. The van der Waals surface area contributed by atoms with Crippen LogP contribution >= 0.6 is 11.3 Å². The molecule has 0 bridgehead atoms. The van der Waals surface area contributed by atoms with Crippen LogP contribution in [-0.4, -0.2) is 16.9 Å². The second kappa shape index (κ2) is 9.79. The van der Waals surface area contributed by atoms with Gasteiger partial charge in [-0.1, -0.05) is 71.5 Å². The average Bonchev–Trinajstić information content (AvgIpc) is 3.26. The van der Waals surface area contributed by atoms with E-state index in [0.29, 0.717) is 17.2 Å². The van der Waals surface area contributed by atoms with Crippen LogP contribution < -0.4 is 16.0 Å². The van der Waals surface area contributed by atoms with Gasteiger partial charge in [-0.05, 0) is 66.4 Å². The van der Waals surface area contributed by atoms with Crippen LogP contribution in [0.3, 0.4) is 0 Å². The van der Waals surface area contributed by atoms with Crippen LogP contribution in [0, 0.1) is 20.8 Å². The summed E-state index contributed by atoms with van der Waals surface area (Å²) in [6.45, 7) is 6.43. The highest BCUT2D eigenvalue weighted by Crippen LogP contribution is 2.28. The van der Waals surface area contributed by atoms with Crippen molar-refractivity contribution in [3.05, 3.63) is 101 Å². The molecular weight excluding hydrogens is 468 g/mol. The Balaban J connectivity index is 1.26. The van der Waals surface area contributed by atoms with E-state index in [4.69, 9.17) is 0 Å². The van der Waals surface area contributed by atoms with Gasteiger partial charge in [0.25, 0.3) is 5.91 Å². The smallest absolute Gasteiger partial charge is 0.321 e. The largest absolute Gasteiger partial charge is 0.334 e. The summed E-state index contributed by atoms with van der Waals surface area (Å²) in [7, 11) is 0. The molecule has 1 aromatic heterocycles. The van der Waals surface area contributed by atoms with Crippen molar-refractivity contribution in [3.8, 4) is 0 Å². The maximum absolute atomic E-state index is 12.9. The maximum atomic E-state index is 12.9. The normalized spacial score (nSPS) is 11.0. The van der Waals surface area contributed by atoms with Gasteiger partial charge in [-0.25, -0.2) is 9.78 Å². The Morgan fingerprint density at radius 2 is 1.61 bits per heavy atom. The molecule has 180 valence electrons. The molecule has 1 heterocycles. The number of hydrogen-bond acceptors (Lipinski definition) is 4. The monoisotopic (exact) mass is 494 g/mol. The van der Waals surface area contributed by atoms with Gasteiger partial charge in [0.15, 0.2) is 5.13 Å². The lowest BCUT2D eigenvalue weighted by molar-refractivity contribution is 0.102. The molecule has 0 fully saturated rings. The second-order valence-corrected chi connectivity index (χ2v) is 9.91. The van der Waals surface area contributed by atoms with Crippen LogP contribution in [-0.2, 0) is 6.54 Å². The summed E-state index contributed by atoms with van der Waals surface area (Å²) in [5.74, 6) is -0.178. The van der Waals surface area contributed by atoms with E-state index in [1.165, 1.54) is 11.3 Å². The topological polar surface area (TPSA) is 83.1 Å². The fourth-order valence-electron chi connectivity index (χ4n) is 4.45. The van der Waals surface area contributed by atoms with Gasteiger partial charge in [0, 0.05) is 17.8 Å². The van der Waals surface area contributed by atoms with Crippen LogP contribution in [0.25, 0.3) is 21.0 Å². The molecule has 0 saturated heterocycles. The average molecular weight is 495 g/mol. The van der Waals surface area contributed by atoms with Crippen molar-refractivity contribution in [2.45, 2.75) is 27.3 Å². The number of carbonyl (C=O) groups excluding carboxylic acids is 2. The summed E-state index contributed by atoms with van der Waals surface area (Å²) in [4.78, 5) is 30.0. The quantitative estimate of drug-likeness (QED) is 0.247. The number of aromatic nitrogens is 1. The molecule has 6 nitrogen and oxygen atoms in total. The number of hydrogen-bond donors (Lipinski definition) is 3. The number of carbonyl (C=O) groups is 2. The first-order chi connectivity index (χ1) is 17.4. The molecule has 0 atom stereocenters. The van der Waals surface area contributed by atoms with E-state index in [1.807, 2.05) is 51.1 Å². The van der Waals surface area contributed by atoms with Crippen LogP contribution in [0.1, 0.15) is 32.6 Å². The molecule has 0 aliphatic heterocycles. The first kappa shape index (κ1) is 23.5. The summed E-state index contributed by atoms with van der Waals surface area (Å²) in [5.41, 5.74) is 6.36. The number of thiazole rings is 1. The minimum absolute atomic E-state index is 0.178. The number of rotatable bonds is 5. The second-order valence-electron chi connectivity index (χ2n) is 8.88. The van der Waals surface area contributed by atoms with E-state index in [2.05, 4.69) is 45.2 Å². The molecule has 5 aromatic rings. The van der Waals surface area contributed by atoms with Crippen LogP contribution in [0.4, 0.5) is 15.6 Å². The Morgan fingerprint density at radius 1 is 0.861 bits per heavy atom. The molecule has 7 heteroatoms. The lowest BCUT2D eigenvalue weighted by Gasteiger charge is -2.12. The third kappa shape index (κ3) is 4.92. The van der Waals surface area contributed by atoms with Gasteiger partial charge in [-0.15, -0.1) is 0 Å². The molecule has 3 amide bonds. The minimum Gasteiger partial charge on any atom is -0.334 e. The summed E-state index contributed by atoms with van der Waals surface area (Å²) < 4.78 is 0.823. The molecular formula is C29H26N4O2S. The van der Waals surface area contributed by atoms with Gasteiger partial charge >= 0.3 is 6.03 Å². The Bertz CT molecular complexity index is 1590. The molecule has 36 heavy (non-hydrogen) atoms. The fourth-order valence-corrected chi connectivity index (χ4v) is 5.35. The van der Waals surface area contributed by atoms with E-state index < -0.39 is 0 Å². The number of nitrogens with one attached hydrogen (secondary N) is 3. The van der Waals surface area contributed by atoms with Gasteiger partial charge < -0.3 is 10.6 Å². The molecule has 5 rings (SSSR count). The molecule has 0 aliphatic carbocycles. The Morgan fingerprint density at radius 3 is 2.42 bits per heavy atom. The van der Waals surface area contributed by atoms with Gasteiger partial charge in [-0.2, -0.15) is 0 Å². The highest BCUT2D eigenvalue weighted by Gasteiger charge is 2.14. The summed E-state index contributed by atoms with van der Waals surface area (Å²) >= 11 is 1.33. The third-order valence-corrected chi connectivity index (χ3v) is 7.04. The highest BCUT2D eigenvalue weighted by atomic mass is 32.1.